The Balaban J connectivity index is 0.0000116. The maximum atomic E-state index is 15.0. The summed E-state index contributed by atoms with van der Waals surface area (Å²) in [6, 6.07) is 0.573. The fraction of sp³-hybridized carbons (Fsp3) is 0.667. The molecule has 0 aliphatic rings. The summed E-state index contributed by atoms with van der Waals surface area (Å²) < 4.78 is 175. The average Bonchev–Trinajstić information content (AvgIpc) is 2.52. The van der Waals surface area contributed by atoms with Crippen molar-refractivity contribution < 1.29 is 118 Å². The second-order valence-corrected chi connectivity index (χ2v) is 10.6. The summed E-state index contributed by atoms with van der Waals surface area (Å²) in [5.74, 6) is -5.08. The van der Waals surface area contributed by atoms with Gasteiger partial charge in [0.15, 0.2) is 21.7 Å². The SMILES string of the molecule is CC(C)(C)c1cc(F)c(C(C)(C)C)c(OC(F)(F)C(F)(F)OC(F)(F)C(F)(F)S(=O)(=O)[O-])c1F.[K+]. The minimum Gasteiger partial charge on any atom is -0.743 e. The van der Waals surface area contributed by atoms with Crippen molar-refractivity contribution >= 4 is 10.1 Å². The predicted molar refractivity (Wildman–Crippen MR) is 95.0 cm³/mol. The van der Waals surface area contributed by atoms with Gasteiger partial charge in [0.05, 0.1) is 0 Å². The van der Waals surface area contributed by atoms with Crippen LogP contribution in [0, 0.1) is 11.6 Å². The third-order valence-corrected chi connectivity index (χ3v) is 5.07. The van der Waals surface area contributed by atoms with Gasteiger partial charge in [0, 0.05) is 5.56 Å². The van der Waals surface area contributed by atoms with Crippen molar-refractivity contribution in [2.75, 3.05) is 0 Å². The molecule has 1 aromatic rings. The molecular formula is C18H19F10KO5S. The van der Waals surface area contributed by atoms with Crippen LogP contribution in [0.1, 0.15) is 52.7 Å². The first kappa shape index (κ1) is 34.8. The van der Waals surface area contributed by atoms with E-state index < -0.39 is 73.0 Å². The molecule has 5 nitrogen and oxygen atoms in total. The van der Waals surface area contributed by atoms with E-state index in [0.29, 0.717) is 6.07 Å². The van der Waals surface area contributed by atoms with Crippen molar-refractivity contribution in [2.45, 2.75) is 76.0 Å². The fourth-order valence-electron chi connectivity index (χ4n) is 2.56. The molecule has 0 fully saturated rings. The van der Waals surface area contributed by atoms with Gasteiger partial charge in [0.2, 0.25) is 0 Å². The normalized spacial score (nSPS) is 14.5. The molecule has 0 bridgehead atoms. The van der Waals surface area contributed by atoms with E-state index in [1.165, 1.54) is 20.8 Å². The second-order valence-electron chi connectivity index (χ2n) is 9.15. The van der Waals surface area contributed by atoms with Gasteiger partial charge in [-0.15, -0.1) is 0 Å². The number of ether oxygens (including phenoxy) is 2. The van der Waals surface area contributed by atoms with Crippen LogP contribution in [0.3, 0.4) is 0 Å². The predicted octanol–water partition coefficient (Wildman–Crippen LogP) is 2.88. The maximum absolute atomic E-state index is 15.0. The zero-order valence-corrected chi connectivity index (χ0v) is 23.2. The van der Waals surface area contributed by atoms with Crippen molar-refractivity contribution in [1.29, 1.82) is 0 Å². The molecule has 0 saturated heterocycles. The van der Waals surface area contributed by atoms with Gasteiger partial charge in [-0.05, 0) is 22.5 Å². The molecule has 0 aromatic heterocycles. The van der Waals surface area contributed by atoms with Crippen LogP contribution in [-0.4, -0.2) is 36.6 Å². The van der Waals surface area contributed by atoms with Gasteiger partial charge in [0.25, 0.3) is 0 Å². The van der Waals surface area contributed by atoms with E-state index in [0.717, 1.165) is 20.8 Å². The molecule has 0 saturated carbocycles. The average molecular weight is 576 g/mol. The Bertz CT molecular complexity index is 1050. The van der Waals surface area contributed by atoms with E-state index in [4.69, 9.17) is 0 Å². The van der Waals surface area contributed by atoms with Crippen molar-refractivity contribution in [3.8, 4) is 5.75 Å². The van der Waals surface area contributed by atoms with E-state index in [-0.39, 0.29) is 51.4 Å². The Morgan fingerprint density at radius 1 is 0.771 bits per heavy atom. The van der Waals surface area contributed by atoms with Crippen LogP contribution in [0.4, 0.5) is 43.9 Å². The van der Waals surface area contributed by atoms with E-state index >= 15 is 4.39 Å². The molecule has 0 aliphatic heterocycles. The standard InChI is InChI=1S/C18H20F10O5S.K/c1-13(2,3)8-7-9(19)10(14(4,5)6)12(11(8)20)32-15(21,22)16(23,24)33-17(25,26)18(27,28)34(29,30)31;/h7H,1-6H3,(H,29,30,31);/q;+1/p-1. The van der Waals surface area contributed by atoms with E-state index in [1.807, 2.05) is 0 Å². The van der Waals surface area contributed by atoms with Crippen LogP contribution in [0.5, 0.6) is 5.75 Å². The summed E-state index contributed by atoms with van der Waals surface area (Å²) >= 11 is 0. The smallest absolute Gasteiger partial charge is 0.743 e. The zero-order valence-electron chi connectivity index (χ0n) is 19.3. The van der Waals surface area contributed by atoms with Gasteiger partial charge in [-0.2, -0.15) is 35.1 Å². The van der Waals surface area contributed by atoms with Crippen molar-refractivity contribution in [2.24, 2.45) is 0 Å². The summed E-state index contributed by atoms with van der Waals surface area (Å²) in [7, 11) is -7.38. The number of rotatable bonds is 7. The van der Waals surface area contributed by atoms with Gasteiger partial charge < -0.3 is 9.29 Å². The van der Waals surface area contributed by atoms with E-state index in [1.54, 1.807) is 0 Å². The first-order valence-corrected chi connectivity index (χ1v) is 10.4. The number of halogens is 10. The first-order valence-electron chi connectivity index (χ1n) is 8.99. The molecule has 0 heterocycles. The van der Waals surface area contributed by atoms with Gasteiger partial charge >= 0.3 is 75.0 Å². The van der Waals surface area contributed by atoms with Gasteiger partial charge in [-0.25, -0.2) is 21.9 Å². The Labute approximate surface area is 236 Å². The molecule has 1 rings (SSSR count). The molecule has 0 unspecified atom stereocenters. The van der Waals surface area contributed by atoms with Crippen LogP contribution < -0.4 is 56.1 Å². The molecule has 1 aromatic carbocycles. The first-order chi connectivity index (χ1) is 14.6. The number of alkyl halides is 8. The number of hydrogen-bond donors (Lipinski definition) is 0. The maximum Gasteiger partial charge on any atom is 1.00 e. The summed E-state index contributed by atoms with van der Waals surface area (Å²) in [5, 5.41) is -6.92. The Morgan fingerprint density at radius 2 is 1.20 bits per heavy atom. The molecule has 0 aliphatic carbocycles. The quantitative estimate of drug-likeness (QED) is 0.284. The van der Waals surface area contributed by atoms with Crippen LogP contribution in [0.25, 0.3) is 0 Å². The molecule has 0 amide bonds. The molecule has 0 radical (unpaired) electrons. The monoisotopic (exact) mass is 576 g/mol. The number of benzene rings is 1. The van der Waals surface area contributed by atoms with Gasteiger partial charge in [-0.3, -0.25) is 0 Å². The summed E-state index contributed by atoms with van der Waals surface area (Å²) in [4.78, 5) is 0. The Morgan fingerprint density at radius 3 is 1.54 bits per heavy atom. The number of hydrogen-bond acceptors (Lipinski definition) is 5. The molecule has 0 atom stereocenters. The molecule has 0 spiro atoms. The van der Waals surface area contributed by atoms with Crippen molar-refractivity contribution in [3.05, 3.63) is 28.8 Å². The minimum atomic E-state index is -7.38. The zero-order chi connectivity index (χ0) is 27.5. The summed E-state index contributed by atoms with van der Waals surface area (Å²) in [6.07, 6.45) is -20.2. The molecule has 17 heteroatoms. The topological polar surface area (TPSA) is 75.7 Å². The van der Waals surface area contributed by atoms with Gasteiger partial charge in [-0.1, -0.05) is 41.5 Å². The van der Waals surface area contributed by atoms with E-state index in [2.05, 4.69) is 9.47 Å². The minimum absolute atomic E-state index is 0. The fourth-order valence-corrected chi connectivity index (χ4v) is 2.89. The van der Waals surface area contributed by atoms with Crippen LogP contribution >= 0.6 is 0 Å². The van der Waals surface area contributed by atoms with E-state index in [9.17, 15) is 52.5 Å². The second kappa shape index (κ2) is 10.2. The van der Waals surface area contributed by atoms with Crippen LogP contribution in [-0.2, 0) is 25.7 Å². The molecule has 35 heavy (non-hydrogen) atoms. The Kier molecular flexibility index (Phi) is 10.1. The third-order valence-electron chi connectivity index (χ3n) is 4.21. The Hall–Kier alpha value is -0.174. The van der Waals surface area contributed by atoms with Crippen molar-refractivity contribution in [3.63, 3.8) is 0 Å². The van der Waals surface area contributed by atoms with Gasteiger partial charge in [0.1, 0.15) is 5.82 Å². The largest absolute Gasteiger partial charge is 1.00 e. The molecule has 198 valence electrons. The van der Waals surface area contributed by atoms with Crippen LogP contribution in [0.2, 0.25) is 0 Å². The van der Waals surface area contributed by atoms with Crippen molar-refractivity contribution in [1.82, 2.24) is 0 Å². The van der Waals surface area contributed by atoms with Crippen LogP contribution in [0.15, 0.2) is 6.07 Å². The summed E-state index contributed by atoms with van der Waals surface area (Å²) in [6.45, 7) is 7.17. The third kappa shape index (κ3) is 7.03. The molecule has 0 N–H and O–H groups in total. The molecular weight excluding hydrogens is 557 g/mol. The summed E-state index contributed by atoms with van der Waals surface area (Å²) in [5.41, 5.74) is -4.66.